The lowest BCUT2D eigenvalue weighted by Gasteiger charge is -2.34. The Morgan fingerprint density at radius 2 is 1.60 bits per heavy atom. The standard InChI is InChI=1S/C22H24OSi2/c1-24(2)21-17-11-7-5-9-15(17)13-19(21)20-14-16-10-6-8-12-18(16)22(20)25(3,4)23-24/h5-13,19H,14H2,1-4H3. The SMILES string of the molecule is C[Si]1(C)O[Si](C)(C)C2=c3ccccc3=CC2C2=C1c1ccccc1C2. The second-order valence-corrected chi connectivity index (χ2v) is 16.4. The van der Waals surface area contributed by atoms with Gasteiger partial charge in [0.2, 0.25) is 16.6 Å². The Morgan fingerprint density at radius 1 is 0.880 bits per heavy atom. The molecule has 0 amide bonds. The third-order valence-electron chi connectivity index (χ3n) is 6.03. The highest BCUT2D eigenvalue weighted by Crippen LogP contribution is 2.50. The summed E-state index contributed by atoms with van der Waals surface area (Å²) in [6.45, 7) is 9.64. The summed E-state index contributed by atoms with van der Waals surface area (Å²) in [5.41, 5.74) is 4.58. The van der Waals surface area contributed by atoms with Crippen LogP contribution < -0.4 is 10.4 Å². The second-order valence-electron chi connectivity index (χ2n) is 8.50. The number of hydrogen-bond acceptors (Lipinski definition) is 1. The molecule has 3 heteroatoms. The molecule has 1 unspecified atom stereocenters. The first-order chi connectivity index (χ1) is 11.9. The Balaban J connectivity index is 1.85. The lowest BCUT2D eigenvalue weighted by molar-refractivity contribution is 0.575. The van der Waals surface area contributed by atoms with E-state index < -0.39 is 16.6 Å². The van der Waals surface area contributed by atoms with Crippen molar-refractivity contribution in [3.05, 3.63) is 75.7 Å². The van der Waals surface area contributed by atoms with Gasteiger partial charge in [-0.15, -0.1) is 0 Å². The van der Waals surface area contributed by atoms with Crippen molar-refractivity contribution in [2.45, 2.75) is 32.6 Å². The molecule has 126 valence electrons. The predicted octanol–water partition coefficient (Wildman–Crippen LogP) is 3.78. The minimum Gasteiger partial charge on any atom is -0.449 e. The molecular formula is C22H24OSi2. The van der Waals surface area contributed by atoms with Crippen LogP contribution >= 0.6 is 0 Å². The van der Waals surface area contributed by atoms with Crippen molar-refractivity contribution >= 4 is 33.1 Å². The molecule has 0 radical (unpaired) electrons. The number of allylic oxidation sites excluding steroid dienone is 1. The van der Waals surface area contributed by atoms with Crippen molar-refractivity contribution < 1.29 is 4.12 Å². The van der Waals surface area contributed by atoms with Crippen LogP contribution in [0, 0.1) is 5.92 Å². The van der Waals surface area contributed by atoms with Crippen LogP contribution in [0.5, 0.6) is 0 Å². The summed E-state index contributed by atoms with van der Waals surface area (Å²) in [5.74, 6) is 0.441. The number of hydrogen-bond donors (Lipinski definition) is 0. The Morgan fingerprint density at radius 3 is 2.44 bits per heavy atom. The highest BCUT2D eigenvalue weighted by Gasteiger charge is 2.49. The molecule has 0 aromatic heterocycles. The smallest absolute Gasteiger partial charge is 0.206 e. The quantitative estimate of drug-likeness (QED) is 0.650. The number of rotatable bonds is 0. The van der Waals surface area contributed by atoms with Gasteiger partial charge in [0.25, 0.3) is 0 Å². The molecular weight excluding hydrogens is 336 g/mol. The average molecular weight is 361 g/mol. The molecule has 1 aliphatic heterocycles. The fourth-order valence-corrected chi connectivity index (χ4v) is 15.1. The summed E-state index contributed by atoms with van der Waals surface area (Å²) < 4.78 is 7.09. The van der Waals surface area contributed by atoms with Crippen LogP contribution in [0.25, 0.3) is 16.5 Å². The van der Waals surface area contributed by atoms with Gasteiger partial charge in [0, 0.05) is 5.92 Å². The first kappa shape index (κ1) is 15.6. The Hall–Kier alpha value is -1.69. The highest BCUT2D eigenvalue weighted by atomic mass is 28.4. The molecule has 2 aromatic carbocycles. The molecule has 0 fully saturated rings. The van der Waals surface area contributed by atoms with Crippen LogP contribution in [0.4, 0.5) is 0 Å². The summed E-state index contributed by atoms with van der Waals surface area (Å²) in [6, 6.07) is 17.9. The molecule has 5 rings (SSSR count). The van der Waals surface area contributed by atoms with Gasteiger partial charge in [0.1, 0.15) is 0 Å². The van der Waals surface area contributed by atoms with Crippen LogP contribution in [0.2, 0.25) is 26.2 Å². The molecule has 2 aliphatic carbocycles. The van der Waals surface area contributed by atoms with Gasteiger partial charge < -0.3 is 4.12 Å². The number of benzene rings is 2. The summed E-state index contributed by atoms with van der Waals surface area (Å²) in [6.07, 6.45) is 3.61. The van der Waals surface area contributed by atoms with E-state index in [2.05, 4.69) is 80.8 Å². The van der Waals surface area contributed by atoms with Crippen LogP contribution in [0.1, 0.15) is 11.1 Å². The van der Waals surface area contributed by atoms with Gasteiger partial charge in [-0.2, -0.15) is 0 Å². The van der Waals surface area contributed by atoms with Gasteiger partial charge >= 0.3 is 0 Å². The first-order valence-corrected chi connectivity index (χ1v) is 15.0. The highest BCUT2D eigenvalue weighted by molar-refractivity contribution is 7.02. The van der Waals surface area contributed by atoms with E-state index in [4.69, 9.17) is 4.12 Å². The summed E-state index contributed by atoms with van der Waals surface area (Å²) in [4.78, 5) is 0. The van der Waals surface area contributed by atoms with Crippen LogP contribution in [-0.4, -0.2) is 16.6 Å². The first-order valence-electron chi connectivity index (χ1n) is 9.22. The van der Waals surface area contributed by atoms with Crippen molar-refractivity contribution in [1.29, 1.82) is 0 Å². The van der Waals surface area contributed by atoms with Crippen molar-refractivity contribution in [2.24, 2.45) is 5.92 Å². The molecule has 2 aromatic rings. The van der Waals surface area contributed by atoms with Crippen molar-refractivity contribution in [3.8, 4) is 0 Å². The van der Waals surface area contributed by atoms with Gasteiger partial charge in [0.15, 0.2) is 0 Å². The predicted molar refractivity (Wildman–Crippen MR) is 110 cm³/mol. The number of fused-ring (bicyclic) bond motifs is 5. The maximum atomic E-state index is 7.09. The summed E-state index contributed by atoms with van der Waals surface area (Å²) in [5, 5.41) is 6.02. The largest absolute Gasteiger partial charge is 0.449 e. The van der Waals surface area contributed by atoms with Gasteiger partial charge in [-0.25, -0.2) is 0 Å². The third kappa shape index (κ3) is 2.09. The zero-order chi connectivity index (χ0) is 17.4. The molecule has 25 heavy (non-hydrogen) atoms. The third-order valence-corrected chi connectivity index (χ3v) is 13.8. The molecule has 3 aliphatic rings. The second kappa shape index (κ2) is 4.94. The fourth-order valence-electron chi connectivity index (χ4n) is 5.40. The Labute approximate surface area is 151 Å². The van der Waals surface area contributed by atoms with E-state index in [1.807, 2.05) is 0 Å². The molecule has 0 saturated heterocycles. The van der Waals surface area contributed by atoms with E-state index in [-0.39, 0.29) is 0 Å². The molecule has 0 saturated carbocycles. The van der Waals surface area contributed by atoms with E-state index in [1.165, 1.54) is 21.6 Å². The zero-order valence-corrected chi connectivity index (χ0v) is 17.4. The molecule has 0 N–H and O–H groups in total. The molecule has 0 spiro atoms. The Bertz CT molecular complexity index is 1060. The summed E-state index contributed by atoms with van der Waals surface area (Å²) >= 11 is 0. The van der Waals surface area contributed by atoms with Crippen LogP contribution in [0.15, 0.2) is 54.1 Å². The molecule has 1 heterocycles. The van der Waals surface area contributed by atoms with E-state index in [0.29, 0.717) is 5.92 Å². The fraction of sp³-hybridized carbons (Fsp3) is 0.273. The van der Waals surface area contributed by atoms with Crippen LogP contribution in [-0.2, 0) is 10.5 Å². The molecule has 1 atom stereocenters. The maximum Gasteiger partial charge on any atom is 0.206 e. The van der Waals surface area contributed by atoms with Gasteiger partial charge in [0.05, 0.1) is 0 Å². The summed E-state index contributed by atoms with van der Waals surface area (Å²) in [7, 11) is -3.88. The van der Waals surface area contributed by atoms with E-state index >= 15 is 0 Å². The van der Waals surface area contributed by atoms with E-state index in [1.54, 1.807) is 16.0 Å². The maximum absolute atomic E-state index is 7.09. The van der Waals surface area contributed by atoms with Gasteiger partial charge in [-0.3, -0.25) is 0 Å². The molecule has 1 nitrogen and oxygen atoms in total. The minimum atomic E-state index is -1.94. The normalized spacial score (nSPS) is 24.8. The van der Waals surface area contributed by atoms with E-state index in [0.717, 1.165) is 6.42 Å². The monoisotopic (exact) mass is 360 g/mol. The van der Waals surface area contributed by atoms with Crippen LogP contribution in [0.3, 0.4) is 0 Å². The van der Waals surface area contributed by atoms with Gasteiger partial charge in [-0.1, -0.05) is 60.2 Å². The minimum absolute atomic E-state index is 0.441. The van der Waals surface area contributed by atoms with Crippen molar-refractivity contribution in [2.75, 3.05) is 0 Å². The average Bonchev–Trinajstić information content (AvgIpc) is 3.11. The zero-order valence-electron chi connectivity index (χ0n) is 15.4. The van der Waals surface area contributed by atoms with E-state index in [9.17, 15) is 0 Å². The van der Waals surface area contributed by atoms with Gasteiger partial charge in [-0.05, 0) is 64.6 Å². The molecule has 0 bridgehead atoms. The van der Waals surface area contributed by atoms with Crippen molar-refractivity contribution in [1.82, 2.24) is 0 Å². The lowest BCUT2D eigenvalue weighted by atomic mass is 9.98. The topological polar surface area (TPSA) is 9.23 Å². The lowest BCUT2D eigenvalue weighted by Crippen LogP contribution is -2.47. The Kier molecular flexibility index (Phi) is 3.07. The van der Waals surface area contributed by atoms with Crippen molar-refractivity contribution in [3.63, 3.8) is 0 Å².